The molecule has 1 aliphatic heterocycles. The van der Waals surface area contributed by atoms with Crippen LogP contribution in [0.4, 0.5) is 0 Å². The topological polar surface area (TPSA) is 89.9 Å². The number of nitrogens with zero attached hydrogens (tertiary/aromatic N) is 2. The van der Waals surface area contributed by atoms with Gasteiger partial charge in [-0.25, -0.2) is 5.48 Å². The van der Waals surface area contributed by atoms with Crippen LogP contribution in [0.25, 0.3) is 0 Å². The van der Waals surface area contributed by atoms with Crippen LogP contribution in [0.1, 0.15) is 27.0 Å². The summed E-state index contributed by atoms with van der Waals surface area (Å²) in [5, 5.41) is 9.35. The Morgan fingerprint density at radius 1 is 0.912 bits per heavy atom. The third kappa shape index (κ3) is 5.44. The standard InChI is InChI=1S/C26H24ClN3O4/c27-22-8-4-7-20(13-22)16-30-23(14-18-5-2-1-3-6-18)26(33)29(17-24(30)31)15-19-9-11-21(12-10-19)25(32)28-34/h1-13,23,34H,14-17H2,(H,28,32)/t23-/m1/s1. The van der Waals surface area contributed by atoms with Gasteiger partial charge in [0.05, 0.1) is 0 Å². The molecule has 3 aromatic rings. The van der Waals surface area contributed by atoms with Gasteiger partial charge in [-0.3, -0.25) is 19.6 Å². The van der Waals surface area contributed by atoms with E-state index in [0.717, 1.165) is 16.7 Å². The second kappa shape index (κ2) is 10.5. The van der Waals surface area contributed by atoms with Crippen LogP contribution < -0.4 is 5.48 Å². The Hall–Kier alpha value is -3.68. The molecule has 0 aromatic heterocycles. The molecule has 0 spiro atoms. The lowest BCUT2D eigenvalue weighted by molar-refractivity contribution is -0.157. The fourth-order valence-electron chi connectivity index (χ4n) is 4.10. The largest absolute Gasteiger partial charge is 0.327 e. The fourth-order valence-corrected chi connectivity index (χ4v) is 4.31. The molecule has 3 aromatic carbocycles. The monoisotopic (exact) mass is 477 g/mol. The van der Waals surface area contributed by atoms with Crippen molar-refractivity contribution in [2.24, 2.45) is 0 Å². The van der Waals surface area contributed by atoms with Gasteiger partial charge < -0.3 is 9.80 Å². The number of amides is 3. The summed E-state index contributed by atoms with van der Waals surface area (Å²) in [6, 6.07) is 22.8. The van der Waals surface area contributed by atoms with E-state index in [2.05, 4.69) is 0 Å². The molecule has 3 amide bonds. The molecule has 1 fully saturated rings. The predicted octanol–water partition coefficient (Wildman–Crippen LogP) is 3.44. The van der Waals surface area contributed by atoms with Gasteiger partial charge in [-0.2, -0.15) is 0 Å². The third-order valence-electron chi connectivity index (χ3n) is 5.82. The van der Waals surface area contributed by atoms with Gasteiger partial charge in [0, 0.05) is 30.1 Å². The van der Waals surface area contributed by atoms with Crippen LogP contribution in [-0.4, -0.2) is 45.3 Å². The molecule has 174 valence electrons. The summed E-state index contributed by atoms with van der Waals surface area (Å²) in [6.07, 6.45) is 0.401. The van der Waals surface area contributed by atoms with Gasteiger partial charge in [-0.15, -0.1) is 0 Å². The molecule has 34 heavy (non-hydrogen) atoms. The maximum Gasteiger partial charge on any atom is 0.274 e. The minimum Gasteiger partial charge on any atom is -0.327 e. The SMILES string of the molecule is O=C(NO)c1ccc(CN2CC(=O)N(Cc3cccc(Cl)c3)[C@H](Cc3ccccc3)C2=O)cc1. The Bertz CT molecular complexity index is 1180. The molecule has 0 unspecified atom stereocenters. The molecule has 2 N–H and O–H groups in total. The summed E-state index contributed by atoms with van der Waals surface area (Å²) in [4.78, 5) is 41.5. The van der Waals surface area contributed by atoms with Crippen molar-refractivity contribution in [2.75, 3.05) is 6.54 Å². The van der Waals surface area contributed by atoms with Crippen LogP contribution in [0.5, 0.6) is 0 Å². The van der Waals surface area contributed by atoms with E-state index in [0.29, 0.717) is 23.6 Å². The minimum atomic E-state index is -0.651. The highest BCUT2D eigenvalue weighted by molar-refractivity contribution is 6.30. The molecule has 1 aliphatic rings. The number of hydrogen-bond acceptors (Lipinski definition) is 4. The van der Waals surface area contributed by atoms with E-state index in [9.17, 15) is 14.4 Å². The first-order valence-electron chi connectivity index (χ1n) is 10.8. The van der Waals surface area contributed by atoms with E-state index in [1.165, 1.54) is 0 Å². The van der Waals surface area contributed by atoms with Crippen molar-refractivity contribution in [3.8, 4) is 0 Å². The second-order valence-electron chi connectivity index (χ2n) is 8.19. The molecule has 7 nitrogen and oxygen atoms in total. The van der Waals surface area contributed by atoms with E-state index >= 15 is 0 Å². The summed E-state index contributed by atoms with van der Waals surface area (Å²) in [5.41, 5.74) is 4.48. The first kappa shape index (κ1) is 23.5. The van der Waals surface area contributed by atoms with E-state index in [-0.39, 0.29) is 24.9 Å². The van der Waals surface area contributed by atoms with Gasteiger partial charge in [-0.1, -0.05) is 66.2 Å². The number of rotatable bonds is 7. The summed E-state index contributed by atoms with van der Waals surface area (Å²) in [5.74, 6) is -0.894. The number of halogens is 1. The average molecular weight is 478 g/mol. The van der Waals surface area contributed by atoms with Crippen LogP contribution in [0.3, 0.4) is 0 Å². The Morgan fingerprint density at radius 3 is 2.29 bits per heavy atom. The Balaban J connectivity index is 1.57. The number of carbonyl (C=O) groups is 3. The summed E-state index contributed by atoms with van der Waals surface area (Å²) in [7, 11) is 0. The summed E-state index contributed by atoms with van der Waals surface area (Å²) in [6.45, 7) is 0.493. The van der Waals surface area contributed by atoms with Crippen molar-refractivity contribution in [3.63, 3.8) is 0 Å². The average Bonchev–Trinajstić information content (AvgIpc) is 2.85. The van der Waals surface area contributed by atoms with E-state index < -0.39 is 11.9 Å². The first-order chi connectivity index (χ1) is 16.4. The van der Waals surface area contributed by atoms with Gasteiger partial charge in [0.1, 0.15) is 12.6 Å². The highest BCUT2D eigenvalue weighted by Gasteiger charge is 2.39. The van der Waals surface area contributed by atoms with Crippen LogP contribution in [0.2, 0.25) is 5.02 Å². The molecule has 0 aliphatic carbocycles. The van der Waals surface area contributed by atoms with Crippen LogP contribution in [-0.2, 0) is 29.1 Å². The molecule has 1 atom stereocenters. The Morgan fingerprint density at radius 2 is 1.62 bits per heavy atom. The maximum absolute atomic E-state index is 13.6. The van der Waals surface area contributed by atoms with Gasteiger partial charge >= 0.3 is 0 Å². The van der Waals surface area contributed by atoms with Gasteiger partial charge in [-0.05, 0) is 41.0 Å². The number of piperazine rings is 1. The number of nitrogens with one attached hydrogen (secondary N) is 1. The molecule has 1 heterocycles. The second-order valence-corrected chi connectivity index (χ2v) is 8.63. The lowest BCUT2D eigenvalue weighted by Crippen LogP contribution is -2.59. The molecule has 4 rings (SSSR count). The lowest BCUT2D eigenvalue weighted by atomic mass is 9.99. The molecule has 0 radical (unpaired) electrons. The highest BCUT2D eigenvalue weighted by Crippen LogP contribution is 2.23. The zero-order valence-electron chi connectivity index (χ0n) is 18.4. The van der Waals surface area contributed by atoms with E-state index in [1.54, 1.807) is 51.7 Å². The number of hydrogen-bond donors (Lipinski definition) is 2. The predicted molar refractivity (Wildman–Crippen MR) is 127 cm³/mol. The number of benzene rings is 3. The molecular weight excluding hydrogens is 454 g/mol. The zero-order chi connectivity index (χ0) is 24.1. The highest BCUT2D eigenvalue weighted by atomic mass is 35.5. The molecule has 1 saturated heterocycles. The van der Waals surface area contributed by atoms with Crippen LogP contribution >= 0.6 is 11.6 Å². The van der Waals surface area contributed by atoms with Crippen LogP contribution in [0.15, 0.2) is 78.9 Å². The lowest BCUT2D eigenvalue weighted by Gasteiger charge is -2.40. The van der Waals surface area contributed by atoms with Gasteiger partial charge in [0.15, 0.2) is 0 Å². The van der Waals surface area contributed by atoms with Crippen molar-refractivity contribution in [1.29, 1.82) is 0 Å². The summed E-state index contributed by atoms with van der Waals surface area (Å²) >= 11 is 6.13. The van der Waals surface area contributed by atoms with E-state index in [4.69, 9.17) is 16.8 Å². The maximum atomic E-state index is 13.6. The van der Waals surface area contributed by atoms with E-state index in [1.807, 2.05) is 42.5 Å². The van der Waals surface area contributed by atoms with Crippen molar-refractivity contribution in [3.05, 3.63) is 106 Å². The van der Waals surface area contributed by atoms with Gasteiger partial charge in [0.25, 0.3) is 5.91 Å². The smallest absolute Gasteiger partial charge is 0.274 e. The van der Waals surface area contributed by atoms with Crippen molar-refractivity contribution in [1.82, 2.24) is 15.3 Å². The summed E-state index contributed by atoms with van der Waals surface area (Å²) < 4.78 is 0. The number of carbonyl (C=O) groups excluding carboxylic acids is 3. The zero-order valence-corrected chi connectivity index (χ0v) is 19.1. The molecule has 0 saturated carbocycles. The quantitative estimate of drug-likeness (QED) is 0.403. The molecule has 8 heteroatoms. The Kier molecular flexibility index (Phi) is 7.25. The van der Waals surface area contributed by atoms with Crippen LogP contribution in [0, 0.1) is 0 Å². The minimum absolute atomic E-state index is 0.0381. The van der Waals surface area contributed by atoms with Gasteiger partial charge in [0.2, 0.25) is 11.8 Å². The van der Waals surface area contributed by atoms with Crippen molar-refractivity contribution < 1.29 is 19.6 Å². The third-order valence-corrected chi connectivity index (χ3v) is 6.06. The molecular formula is C26H24ClN3O4. The number of hydroxylamine groups is 1. The van der Waals surface area contributed by atoms with Crippen molar-refractivity contribution in [2.45, 2.75) is 25.6 Å². The first-order valence-corrected chi connectivity index (χ1v) is 11.2. The Labute approximate surface area is 202 Å². The normalized spacial score (nSPS) is 16.0. The van der Waals surface area contributed by atoms with Crippen molar-refractivity contribution >= 4 is 29.3 Å². The fraction of sp³-hybridized carbons (Fsp3) is 0.192. The molecule has 0 bridgehead atoms.